The molecular weight excluding hydrogens is 306 g/mol. The summed E-state index contributed by atoms with van der Waals surface area (Å²) >= 11 is 0. The van der Waals surface area contributed by atoms with E-state index in [2.05, 4.69) is 6.58 Å². The molecule has 1 aromatic carbocycles. The maximum Gasteiger partial charge on any atom is 0.243 e. The molecule has 0 aliphatic rings. The molecule has 0 aliphatic heterocycles. The number of sulfonamides is 1. The number of aryl methyl sites for hydroxylation is 1. The van der Waals surface area contributed by atoms with Crippen molar-refractivity contribution < 1.29 is 8.42 Å². The molecule has 0 aromatic heterocycles. The summed E-state index contributed by atoms with van der Waals surface area (Å²) in [6.45, 7) is 8.26. The molecule has 1 aromatic rings. The largest absolute Gasteiger partial charge is 0.243 e. The average molecular weight is 331 g/mol. The monoisotopic (exact) mass is 331 g/mol. The van der Waals surface area contributed by atoms with Crippen molar-refractivity contribution in [2.24, 2.45) is 0 Å². The van der Waals surface area contributed by atoms with Crippen molar-refractivity contribution in [1.82, 2.24) is 4.31 Å². The summed E-state index contributed by atoms with van der Waals surface area (Å²) in [4.78, 5) is 0.329. The minimum atomic E-state index is -3.49. The predicted octanol–water partition coefficient (Wildman–Crippen LogP) is 4.25. The van der Waals surface area contributed by atoms with Gasteiger partial charge in [-0.3, -0.25) is 0 Å². The van der Waals surface area contributed by atoms with Gasteiger partial charge in [-0.25, -0.2) is 8.42 Å². The zero-order valence-electron chi connectivity index (χ0n) is 13.9. The molecule has 0 atom stereocenters. The first-order chi connectivity index (χ1) is 11.0. The van der Waals surface area contributed by atoms with Crippen molar-refractivity contribution in [2.45, 2.75) is 25.2 Å². The molecule has 0 radical (unpaired) electrons. The van der Waals surface area contributed by atoms with Crippen LogP contribution >= 0.6 is 0 Å². The highest BCUT2D eigenvalue weighted by Gasteiger charge is 2.22. The van der Waals surface area contributed by atoms with Gasteiger partial charge in [0, 0.05) is 13.1 Å². The van der Waals surface area contributed by atoms with Gasteiger partial charge in [-0.05, 0) is 32.4 Å². The molecule has 1 rings (SSSR count). The lowest BCUT2D eigenvalue weighted by molar-refractivity contribution is 0.448. The van der Waals surface area contributed by atoms with Crippen LogP contribution in [0.15, 0.2) is 78.3 Å². The van der Waals surface area contributed by atoms with Gasteiger partial charge in [-0.15, -0.1) is 0 Å². The van der Waals surface area contributed by atoms with Gasteiger partial charge in [0.05, 0.1) is 4.90 Å². The smallest absolute Gasteiger partial charge is 0.207 e. The molecule has 0 saturated heterocycles. The number of hydrogen-bond acceptors (Lipinski definition) is 2. The Morgan fingerprint density at radius 2 is 1.78 bits per heavy atom. The normalized spacial score (nSPS) is 12.8. The van der Waals surface area contributed by atoms with Gasteiger partial charge in [-0.1, -0.05) is 66.8 Å². The second kappa shape index (κ2) is 9.98. The zero-order valence-corrected chi connectivity index (χ0v) is 14.7. The molecular formula is C19H25NO2S. The Kier molecular flexibility index (Phi) is 8.30. The second-order valence-electron chi connectivity index (χ2n) is 5.08. The lowest BCUT2D eigenvalue weighted by Gasteiger charge is -2.20. The molecule has 0 spiro atoms. The van der Waals surface area contributed by atoms with E-state index in [1.54, 1.807) is 18.2 Å². The summed E-state index contributed by atoms with van der Waals surface area (Å²) in [6, 6.07) is 6.95. The first kappa shape index (κ1) is 19.1. The maximum atomic E-state index is 12.8. The Morgan fingerprint density at radius 1 is 1.09 bits per heavy atom. The van der Waals surface area contributed by atoms with Crippen molar-refractivity contribution in [2.75, 3.05) is 13.1 Å². The maximum absolute atomic E-state index is 12.8. The number of rotatable bonds is 9. The fourth-order valence-corrected chi connectivity index (χ4v) is 3.35. The van der Waals surface area contributed by atoms with Crippen LogP contribution in [0.1, 0.15) is 18.9 Å². The Bertz CT molecular complexity index is 668. The highest BCUT2D eigenvalue weighted by atomic mass is 32.2. The van der Waals surface area contributed by atoms with Crippen molar-refractivity contribution in [3.8, 4) is 0 Å². The van der Waals surface area contributed by atoms with Gasteiger partial charge in [0.1, 0.15) is 0 Å². The predicted molar refractivity (Wildman–Crippen MR) is 97.8 cm³/mol. The standard InChI is InChI=1S/C19H25NO2S/c1-4-6-8-10-16-20(17-11-9-7-5-2)23(21,22)19-14-12-18(3)13-15-19/h4-9,11-15H,1,10,16-17H2,2-3H3/b7-5+,8-6+,11-9+. The number of hydrogen-bond donors (Lipinski definition) is 0. The number of allylic oxidation sites excluding steroid dienone is 5. The van der Waals surface area contributed by atoms with Crippen LogP contribution in [0.3, 0.4) is 0 Å². The fourth-order valence-electron chi connectivity index (χ4n) is 1.95. The quantitative estimate of drug-likeness (QED) is 0.634. The Balaban J connectivity index is 2.97. The third-order valence-corrected chi connectivity index (χ3v) is 5.10. The molecule has 0 saturated carbocycles. The molecule has 0 heterocycles. The van der Waals surface area contributed by atoms with E-state index in [0.29, 0.717) is 24.4 Å². The summed E-state index contributed by atoms with van der Waals surface area (Å²) in [5.74, 6) is 0. The van der Waals surface area contributed by atoms with Crippen LogP contribution in [-0.4, -0.2) is 25.8 Å². The van der Waals surface area contributed by atoms with Crippen LogP contribution in [0.25, 0.3) is 0 Å². The van der Waals surface area contributed by atoms with Crippen LogP contribution in [0.2, 0.25) is 0 Å². The van der Waals surface area contributed by atoms with E-state index in [9.17, 15) is 8.42 Å². The van der Waals surface area contributed by atoms with Gasteiger partial charge in [0.2, 0.25) is 10.0 Å². The van der Waals surface area contributed by atoms with E-state index in [-0.39, 0.29) is 0 Å². The summed E-state index contributed by atoms with van der Waals surface area (Å²) in [7, 11) is -3.49. The van der Waals surface area contributed by atoms with Crippen LogP contribution in [0.4, 0.5) is 0 Å². The second-order valence-corrected chi connectivity index (χ2v) is 7.02. The lowest BCUT2D eigenvalue weighted by atomic mass is 10.2. The average Bonchev–Trinajstić information content (AvgIpc) is 2.53. The minimum absolute atomic E-state index is 0.329. The van der Waals surface area contributed by atoms with Gasteiger partial charge in [0.25, 0.3) is 0 Å². The topological polar surface area (TPSA) is 37.4 Å². The molecule has 0 N–H and O–H groups in total. The zero-order chi connectivity index (χ0) is 17.1. The van der Waals surface area contributed by atoms with Crippen LogP contribution in [-0.2, 0) is 10.0 Å². The minimum Gasteiger partial charge on any atom is -0.207 e. The van der Waals surface area contributed by atoms with Crippen molar-refractivity contribution in [3.63, 3.8) is 0 Å². The molecule has 4 heteroatoms. The highest BCUT2D eigenvalue weighted by molar-refractivity contribution is 7.89. The van der Waals surface area contributed by atoms with E-state index >= 15 is 0 Å². The van der Waals surface area contributed by atoms with Gasteiger partial charge in [-0.2, -0.15) is 4.31 Å². The summed E-state index contributed by atoms with van der Waals surface area (Å²) in [6.07, 6.45) is 13.6. The summed E-state index contributed by atoms with van der Waals surface area (Å²) in [5, 5.41) is 0. The van der Waals surface area contributed by atoms with Gasteiger partial charge < -0.3 is 0 Å². The Hall–Kier alpha value is -1.91. The molecule has 23 heavy (non-hydrogen) atoms. The fraction of sp³-hybridized carbons (Fsp3) is 0.263. The molecule has 0 unspecified atom stereocenters. The van der Waals surface area contributed by atoms with E-state index in [4.69, 9.17) is 0 Å². The van der Waals surface area contributed by atoms with Gasteiger partial charge >= 0.3 is 0 Å². The molecule has 0 bridgehead atoms. The lowest BCUT2D eigenvalue weighted by Crippen LogP contribution is -2.32. The molecule has 0 amide bonds. The van der Waals surface area contributed by atoms with Crippen molar-refractivity contribution >= 4 is 10.0 Å². The molecule has 124 valence electrons. The third-order valence-electron chi connectivity index (χ3n) is 3.22. The van der Waals surface area contributed by atoms with E-state index in [1.165, 1.54) is 4.31 Å². The molecule has 0 aliphatic carbocycles. The summed E-state index contributed by atoms with van der Waals surface area (Å²) < 4.78 is 27.1. The Morgan fingerprint density at radius 3 is 2.39 bits per heavy atom. The van der Waals surface area contributed by atoms with E-state index < -0.39 is 10.0 Å². The first-order valence-electron chi connectivity index (χ1n) is 7.64. The van der Waals surface area contributed by atoms with E-state index in [1.807, 2.05) is 62.4 Å². The number of benzene rings is 1. The van der Waals surface area contributed by atoms with Gasteiger partial charge in [0.15, 0.2) is 0 Å². The SMILES string of the molecule is C=C/C=C/CCN(C/C=C/C=C/C)S(=O)(=O)c1ccc(C)cc1. The first-order valence-corrected chi connectivity index (χ1v) is 9.08. The van der Waals surface area contributed by atoms with Crippen molar-refractivity contribution in [3.05, 3.63) is 78.9 Å². The van der Waals surface area contributed by atoms with Crippen LogP contribution < -0.4 is 0 Å². The summed E-state index contributed by atoms with van der Waals surface area (Å²) in [5.41, 5.74) is 1.04. The number of nitrogens with zero attached hydrogens (tertiary/aromatic N) is 1. The highest BCUT2D eigenvalue weighted by Crippen LogP contribution is 2.17. The third kappa shape index (κ3) is 6.38. The molecule has 0 fully saturated rings. The van der Waals surface area contributed by atoms with Crippen LogP contribution in [0.5, 0.6) is 0 Å². The van der Waals surface area contributed by atoms with E-state index in [0.717, 1.165) is 5.56 Å². The van der Waals surface area contributed by atoms with Crippen LogP contribution in [0, 0.1) is 6.92 Å². The van der Waals surface area contributed by atoms with Crippen molar-refractivity contribution in [1.29, 1.82) is 0 Å². The molecule has 3 nitrogen and oxygen atoms in total. The Labute approximate surface area is 140 Å².